The number of anilines is 1. The Hall–Kier alpha value is -2.07. The highest BCUT2D eigenvalue weighted by molar-refractivity contribution is 7.16. The molecule has 18 heavy (non-hydrogen) atoms. The molecule has 96 valence electrons. The van der Waals surface area contributed by atoms with Gasteiger partial charge in [-0.15, -0.1) is 0 Å². The first-order chi connectivity index (χ1) is 8.26. The van der Waals surface area contributed by atoms with E-state index in [2.05, 4.69) is 22.1 Å². The average Bonchev–Trinajstić information content (AvgIpc) is 2.59. The molecule has 1 heterocycles. The molecule has 0 aromatic carbocycles. The third kappa shape index (κ3) is 5.32. The summed E-state index contributed by atoms with van der Waals surface area (Å²) >= 11 is 1.12. The first-order valence-corrected chi connectivity index (χ1v) is 5.85. The summed E-state index contributed by atoms with van der Waals surface area (Å²) in [6.07, 6.45) is 0.846. The van der Waals surface area contributed by atoms with Crippen LogP contribution in [0.2, 0.25) is 0 Å². The number of rotatable bonds is 1. The van der Waals surface area contributed by atoms with E-state index in [1.54, 1.807) is 20.8 Å². The number of ether oxygens (including phenoxy) is 1. The Morgan fingerprint density at radius 3 is 2.72 bits per heavy atom. The molecule has 0 spiro atoms. The molecule has 0 saturated carbocycles. The molecule has 1 aromatic heterocycles. The summed E-state index contributed by atoms with van der Waals surface area (Å²) in [5.74, 6) is 3.99. The molecule has 0 aliphatic rings. The Balaban J connectivity index is 2.63. The number of hydrogen-bond acceptors (Lipinski definition) is 5. The number of hydrogen-bond donors (Lipinski definition) is 2. The third-order valence-electron chi connectivity index (χ3n) is 1.42. The van der Waals surface area contributed by atoms with E-state index >= 15 is 0 Å². The smallest absolute Gasteiger partial charge is 0.413 e. The highest BCUT2D eigenvalue weighted by Gasteiger charge is 2.17. The minimum Gasteiger partial charge on any atom is -0.444 e. The molecule has 0 unspecified atom stereocenters. The standard InChI is InChI=1S/C11H13N3O3S/c1-11(2,3)17-10(16)14-9-13-6-7(18-9)4-5-8(12)15/h6H,1-3H3,(H2,12,15)(H,13,14,16). The fraction of sp³-hybridized carbons (Fsp3) is 0.364. The monoisotopic (exact) mass is 267 g/mol. The number of thiazole rings is 1. The number of aromatic nitrogens is 1. The van der Waals surface area contributed by atoms with Gasteiger partial charge in [0.15, 0.2) is 5.13 Å². The van der Waals surface area contributed by atoms with E-state index in [0.29, 0.717) is 10.0 Å². The lowest BCUT2D eigenvalue weighted by atomic mass is 10.2. The molecule has 1 aromatic rings. The zero-order valence-electron chi connectivity index (χ0n) is 10.2. The van der Waals surface area contributed by atoms with Gasteiger partial charge in [0.25, 0.3) is 5.91 Å². The lowest BCUT2D eigenvalue weighted by molar-refractivity contribution is -0.112. The van der Waals surface area contributed by atoms with Crippen molar-refractivity contribution in [2.75, 3.05) is 5.32 Å². The van der Waals surface area contributed by atoms with Gasteiger partial charge in [0, 0.05) is 5.92 Å². The fourth-order valence-electron chi connectivity index (χ4n) is 0.904. The molecule has 0 fully saturated rings. The van der Waals surface area contributed by atoms with Crippen LogP contribution in [0.25, 0.3) is 0 Å². The van der Waals surface area contributed by atoms with Crippen LogP contribution in [0.15, 0.2) is 6.20 Å². The van der Waals surface area contributed by atoms with Gasteiger partial charge in [-0.05, 0) is 26.7 Å². The fourth-order valence-corrected chi connectivity index (χ4v) is 1.56. The van der Waals surface area contributed by atoms with Crippen LogP contribution in [-0.2, 0) is 9.53 Å². The van der Waals surface area contributed by atoms with Gasteiger partial charge >= 0.3 is 6.09 Å². The molecule has 0 aliphatic carbocycles. The molecule has 0 atom stereocenters. The Morgan fingerprint density at radius 2 is 2.17 bits per heavy atom. The Bertz CT molecular complexity index is 520. The van der Waals surface area contributed by atoms with Gasteiger partial charge in [0.05, 0.1) is 11.1 Å². The number of amides is 2. The Labute approximate surface area is 109 Å². The van der Waals surface area contributed by atoms with Crippen LogP contribution in [0.4, 0.5) is 9.93 Å². The lowest BCUT2D eigenvalue weighted by Crippen LogP contribution is -2.27. The summed E-state index contributed by atoms with van der Waals surface area (Å²) in [7, 11) is 0. The number of carbonyl (C=O) groups excluding carboxylic acids is 2. The SMILES string of the molecule is CC(C)(C)OC(=O)Nc1ncc(C#CC(N)=O)s1. The van der Waals surface area contributed by atoms with E-state index in [9.17, 15) is 9.59 Å². The van der Waals surface area contributed by atoms with Crippen molar-refractivity contribution < 1.29 is 14.3 Å². The van der Waals surface area contributed by atoms with E-state index < -0.39 is 17.6 Å². The minimum atomic E-state index is -0.718. The van der Waals surface area contributed by atoms with Gasteiger partial charge in [-0.25, -0.2) is 9.78 Å². The topological polar surface area (TPSA) is 94.3 Å². The van der Waals surface area contributed by atoms with E-state index in [1.165, 1.54) is 6.20 Å². The van der Waals surface area contributed by atoms with Crippen LogP contribution in [0, 0.1) is 11.8 Å². The van der Waals surface area contributed by atoms with Crippen molar-refractivity contribution in [3.05, 3.63) is 11.1 Å². The van der Waals surface area contributed by atoms with Crippen LogP contribution in [0.5, 0.6) is 0 Å². The molecule has 3 N–H and O–H groups in total. The number of nitrogens with one attached hydrogen (secondary N) is 1. The van der Waals surface area contributed by atoms with Crippen molar-refractivity contribution in [3.8, 4) is 11.8 Å². The molecule has 1 rings (SSSR count). The van der Waals surface area contributed by atoms with Crippen molar-refractivity contribution in [1.29, 1.82) is 0 Å². The zero-order chi connectivity index (χ0) is 13.8. The maximum atomic E-state index is 11.4. The van der Waals surface area contributed by atoms with Gasteiger partial charge < -0.3 is 10.5 Å². The molecular formula is C11H13N3O3S. The summed E-state index contributed by atoms with van der Waals surface area (Å²) in [5, 5.41) is 2.81. The van der Waals surface area contributed by atoms with Gasteiger partial charge in [0.2, 0.25) is 0 Å². The van der Waals surface area contributed by atoms with Crippen molar-refractivity contribution >= 4 is 28.5 Å². The van der Waals surface area contributed by atoms with E-state index in [0.717, 1.165) is 11.3 Å². The second kappa shape index (κ2) is 5.51. The van der Waals surface area contributed by atoms with Gasteiger partial charge in [0.1, 0.15) is 5.60 Å². The molecule has 0 radical (unpaired) electrons. The molecule has 6 nitrogen and oxygen atoms in total. The summed E-state index contributed by atoms with van der Waals surface area (Å²) in [6, 6.07) is 0. The van der Waals surface area contributed by atoms with Gasteiger partial charge in [-0.2, -0.15) is 0 Å². The highest BCUT2D eigenvalue weighted by Crippen LogP contribution is 2.18. The van der Waals surface area contributed by atoms with Crippen LogP contribution in [0.3, 0.4) is 0 Å². The minimum absolute atomic E-state index is 0.345. The van der Waals surface area contributed by atoms with Gasteiger partial charge in [-0.3, -0.25) is 10.1 Å². The van der Waals surface area contributed by atoms with Gasteiger partial charge in [-0.1, -0.05) is 11.3 Å². The van der Waals surface area contributed by atoms with Crippen molar-refractivity contribution in [2.45, 2.75) is 26.4 Å². The summed E-state index contributed by atoms with van der Waals surface area (Å²) in [6.45, 7) is 5.29. The average molecular weight is 267 g/mol. The molecule has 7 heteroatoms. The molecular weight excluding hydrogens is 254 g/mol. The molecule has 2 amide bonds. The second-order valence-electron chi connectivity index (χ2n) is 4.27. The lowest BCUT2D eigenvalue weighted by Gasteiger charge is -2.18. The largest absolute Gasteiger partial charge is 0.444 e. The second-order valence-corrected chi connectivity index (χ2v) is 5.30. The summed E-state index contributed by atoms with van der Waals surface area (Å²) in [4.78, 5) is 26.3. The van der Waals surface area contributed by atoms with Crippen molar-refractivity contribution in [2.24, 2.45) is 5.73 Å². The van der Waals surface area contributed by atoms with Crippen LogP contribution in [-0.4, -0.2) is 22.6 Å². The van der Waals surface area contributed by atoms with Crippen LogP contribution >= 0.6 is 11.3 Å². The van der Waals surface area contributed by atoms with Crippen LogP contribution in [0.1, 0.15) is 25.6 Å². The Kier molecular flexibility index (Phi) is 4.28. The quantitative estimate of drug-likeness (QED) is 0.750. The van der Waals surface area contributed by atoms with Crippen LogP contribution < -0.4 is 11.1 Å². The maximum absolute atomic E-state index is 11.4. The number of carbonyl (C=O) groups is 2. The maximum Gasteiger partial charge on any atom is 0.413 e. The predicted octanol–water partition coefficient (Wildman–Crippen LogP) is 1.33. The first kappa shape index (κ1) is 14.0. The van der Waals surface area contributed by atoms with Crippen molar-refractivity contribution in [1.82, 2.24) is 4.98 Å². The molecule has 0 bridgehead atoms. The predicted molar refractivity (Wildman–Crippen MR) is 68.0 cm³/mol. The molecule has 0 saturated heterocycles. The van der Waals surface area contributed by atoms with Crippen molar-refractivity contribution in [3.63, 3.8) is 0 Å². The summed E-state index contributed by atoms with van der Waals surface area (Å²) in [5.41, 5.74) is 4.31. The van der Waals surface area contributed by atoms with E-state index in [-0.39, 0.29) is 0 Å². The number of nitrogens with zero attached hydrogens (tertiary/aromatic N) is 1. The summed E-state index contributed by atoms with van der Waals surface area (Å²) < 4.78 is 5.06. The van der Waals surface area contributed by atoms with E-state index in [4.69, 9.17) is 10.5 Å². The molecule has 0 aliphatic heterocycles. The highest BCUT2D eigenvalue weighted by atomic mass is 32.1. The van der Waals surface area contributed by atoms with E-state index in [1.807, 2.05) is 0 Å². The third-order valence-corrected chi connectivity index (χ3v) is 2.25. The number of nitrogens with two attached hydrogens (primary N) is 1. The normalized spacial score (nSPS) is 10.2. The number of primary amides is 1. The first-order valence-electron chi connectivity index (χ1n) is 5.03. The zero-order valence-corrected chi connectivity index (χ0v) is 11.1. The Morgan fingerprint density at radius 1 is 1.50 bits per heavy atom.